The minimum atomic E-state index is -0.954. The van der Waals surface area contributed by atoms with Crippen LogP contribution in [-0.4, -0.2) is 43.4 Å². The van der Waals surface area contributed by atoms with Gasteiger partial charge in [0.2, 0.25) is 11.7 Å². The number of tetrazole rings is 1. The largest absolute Gasteiger partial charge is 0.461 e. The average molecular weight is 265 g/mol. The molecule has 0 aliphatic carbocycles. The van der Waals surface area contributed by atoms with E-state index in [0.717, 1.165) is 4.80 Å². The van der Waals surface area contributed by atoms with Crippen LogP contribution in [0, 0.1) is 0 Å². The number of rotatable bonds is 5. The Bertz CT molecular complexity index is 541. The highest BCUT2D eigenvalue weighted by molar-refractivity contribution is 5.75. The van der Waals surface area contributed by atoms with E-state index in [-0.39, 0.29) is 19.0 Å². The fraction of sp³-hybridized carbons (Fsp3) is 0.455. The molecule has 2 N–H and O–H groups in total. The van der Waals surface area contributed by atoms with Gasteiger partial charge in [0.05, 0.1) is 11.9 Å². The first-order valence-corrected chi connectivity index (χ1v) is 5.75. The van der Waals surface area contributed by atoms with E-state index >= 15 is 0 Å². The molecule has 0 spiro atoms. The lowest BCUT2D eigenvalue weighted by atomic mass is 10.1. The molecule has 2 heterocycles. The van der Waals surface area contributed by atoms with E-state index in [1.165, 1.54) is 6.26 Å². The van der Waals surface area contributed by atoms with Gasteiger partial charge >= 0.3 is 0 Å². The molecule has 2 aromatic rings. The highest BCUT2D eigenvalue weighted by Gasteiger charge is 2.15. The Morgan fingerprint density at radius 1 is 1.58 bits per heavy atom. The van der Waals surface area contributed by atoms with Crippen LogP contribution in [0.2, 0.25) is 0 Å². The van der Waals surface area contributed by atoms with Crippen LogP contribution >= 0.6 is 0 Å². The minimum Gasteiger partial charge on any atom is -0.461 e. The van der Waals surface area contributed by atoms with Crippen LogP contribution in [-0.2, 0) is 11.3 Å². The van der Waals surface area contributed by atoms with Crippen LogP contribution in [0.4, 0.5) is 0 Å². The van der Waals surface area contributed by atoms with E-state index < -0.39 is 5.60 Å². The molecule has 8 nitrogen and oxygen atoms in total. The van der Waals surface area contributed by atoms with Crippen LogP contribution in [0.25, 0.3) is 11.6 Å². The summed E-state index contributed by atoms with van der Waals surface area (Å²) < 4.78 is 5.12. The van der Waals surface area contributed by atoms with Gasteiger partial charge in [0, 0.05) is 6.54 Å². The van der Waals surface area contributed by atoms with Gasteiger partial charge in [-0.05, 0) is 31.2 Å². The quantitative estimate of drug-likeness (QED) is 0.776. The summed E-state index contributed by atoms with van der Waals surface area (Å²) in [5.41, 5.74) is -0.954. The van der Waals surface area contributed by atoms with Crippen molar-refractivity contribution in [3.63, 3.8) is 0 Å². The van der Waals surface area contributed by atoms with Gasteiger partial charge in [-0.2, -0.15) is 4.80 Å². The zero-order valence-corrected chi connectivity index (χ0v) is 10.7. The molecule has 0 saturated carbocycles. The molecule has 0 aromatic carbocycles. The molecule has 0 atom stereocenters. The second-order valence-electron chi connectivity index (χ2n) is 4.71. The minimum absolute atomic E-state index is 0.0657. The Hall–Kier alpha value is -2.22. The third-order valence-corrected chi connectivity index (χ3v) is 2.20. The normalized spacial score (nSPS) is 11.5. The number of furan rings is 1. The number of amides is 1. The second kappa shape index (κ2) is 5.19. The molecule has 0 fully saturated rings. The van der Waals surface area contributed by atoms with E-state index in [0.29, 0.717) is 11.6 Å². The molecule has 1 amide bonds. The van der Waals surface area contributed by atoms with E-state index in [4.69, 9.17) is 4.42 Å². The summed E-state index contributed by atoms with van der Waals surface area (Å²) in [6.07, 6.45) is 1.51. The third kappa shape index (κ3) is 3.88. The maximum absolute atomic E-state index is 11.6. The van der Waals surface area contributed by atoms with E-state index in [2.05, 4.69) is 20.7 Å². The van der Waals surface area contributed by atoms with Gasteiger partial charge in [-0.25, -0.2) is 0 Å². The first-order chi connectivity index (χ1) is 8.94. The molecular weight excluding hydrogens is 250 g/mol. The average Bonchev–Trinajstić information content (AvgIpc) is 2.94. The molecular formula is C11H15N5O3. The third-order valence-electron chi connectivity index (χ3n) is 2.20. The molecule has 0 radical (unpaired) electrons. The molecule has 0 unspecified atom stereocenters. The molecule has 2 aromatic heterocycles. The van der Waals surface area contributed by atoms with Crippen LogP contribution in [0.5, 0.6) is 0 Å². The number of aromatic nitrogens is 4. The van der Waals surface area contributed by atoms with Crippen molar-refractivity contribution in [2.24, 2.45) is 0 Å². The maximum Gasteiger partial charge on any atom is 0.243 e. The lowest BCUT2D eigenvalue weighted by Crippen LogP contribution is -2.39. The molecule has 2 rings (SSSR count). The number of carbonyl (C=O) groups is 1. The molecule has 102 valence electrons. The summed E-state index contributed by atoms with van der Waals surface area (Å²) >= 11 is 0. The molecule has 8 heteroatoms. The number of hydrogen-bond acceptors (Lipinski definition) is 6. The molecule has 0 aliphatic heterocycles. The van der Waals surface area contributed by atoms with Crippen LogP contribution < -0.4 is 5.32 Å². The van der Waals surface area contributed by atoms with Crippen molar-refractivity contribution in [1.29, 1.82) is 0 Å². The van der Waals surface area contributed by atoms with Crippen molar-refractivity contribution in [2.75, 3.05) is 6.54 Å². The summed E-state index contributed by atoms with van der Waals surface area (Å²) in [6, 6.07) is 3.42. The molecule has 0 bridgehead atoms. The van der Waals surface area contributed by atoms with Crippen LogP contribution in [0.1, 0.15) is 13.8 Å². The van der Waals surface area contributed by atoms with Gasteiger partial charge in [0.1, 0.15) is 6.54 Å². The first-order valence-electron chi connectivity index (χ1n) is 5.75. The predicted molar refractivity (Wildman–Crippen MR) is 64.8 cm³/mol. The van der Waals surface area contributed by atoms with Gasteiger partial charge in [-0.1, -0.05) is 0 Å². The number of carbonyl (C=O) groups excluding carboxylic acids is 1. The highest BCUT2D eigenvalue weighted by Crippen LogP contribution is 2.12. The van der Waals surface area contributed by atoms with Gasteiger partial charge in [-0.3, -0.25) is 4.79 Å². The summed E-state index contributed by atoms with van der Waals surface area (Å²) in [5.74, 6) is 0.508. The predicted octanol–water partition coefficient (Wildman–Crippen LogP) is -0.180. The summed E-state index contributed by atoms with van der Waals surface area (Å²) in [4.78, 5) is 12.7. The van der Waals surface area contributed by atoms with Gasteiger partial charge < -0.3 is 14.8 Å². The molecule has 0 saturated heterocycles. The summed E-state index contributed by atoms with van der Waals surface area (Å²) in [6.45, 7) is 3.31. The maximum atomic E-state index is 11.6. The molecule has 0 aliphatic rings. The SMILES string of the molecule is CC(C)(O)CNC(=O)Cn1nnc(-c2ccco2)n1. The van der Waals surface area contributed by atoms with Crippen molar-refractivity contribution in [1.82, 2.24) is 25.5 Å². The van der Waals surface area contributed by atoms with E-state index in [1.807, 2.05) is 0 Å². The van der Waals surface area contributed by atoms with Crippen molar-refractivity contribution < 1.29 is 14.3 Å². The number of hydrogen-bond donors (Lipinski definition) is 2. The Kier molecular flexibility index (Phi) is 3.61. The van der Waals surface area contributed by atoms with Crippen LogP contribution in [0.3, 0.4) is 0 Å². The van der Waals surface area contributed by atoms with Crippen LogP contribution in [0.15, 0.2) is 22.8 Å². The number of aliphatic hydroxyl groups is 1. The fourth-order valence-electron chi connectivity index (χ4n) is 1.31. The first kappa shape index (κ1) is 13.2. The summed E-state index contributed by atoms with van der Waals surface area (Å²) in [7, 11) is 0. The Labute approximate surface area is 109 Å². The lowest BCUT2D eigenvalue weighted by molar-refractivity contribution is -0.123. The van der Waals surface area contributed by atoms with Crippen molar-refractivity contribution in [3.05, 3.63) is 18.4 Å². The van der Waals surface area contributed by atoms with E-state index in [9.17, 15) is 9.90 Å². The standard InChI is InChI=1S/C11H15N5O3/c1-11(2,18)7-12-9(17)6-16-14-10(13-15-16)8-4-3-5-19-8/h3-5,18H,6-7H2,1-2H3,(H,12,17). The zero-order valence-electron chi connectivity index (χ0n) is 10.7. The Morgan fingerprint density at radius 3 is 3.00 bits per heavy atom. The van der Waals surface area contributed by atoms with Crippen molar-refractivity contribution in [2.45, 2.75) is 26.0 Å². The second-order valence-corrected chi connectivity index (χ2v) is 4.71. The Morgan fingerprint density at radius 2 is 2.37 bits per heavy atom. The number of nitrogens with zero attached hydrogens (tertiary/aromatic N) is 4. The molecule has 19 heavy (non-hydrogen) atoms. The fourth-order valence-corrected chi connectivity index (χ4v) is 1.31. The monoisotopic (exact) mass is 265 g/mol. The smallest absolute Gasteiger partial charge is 0.243 e. The van der Waals surface area contributed by atoms with Gasteiger partial charge in [0.25, 0.3) is 0 Å². The van der Waals surface area contributed by atoms with E-state index in [1.54, 1.807) is 26.0 Å². The van der Waals surface area contributed by atoms with Gasteiger partial charge in [0.15, 0.2) is 5.76 Å². The van der Waals surface area contributed by atoms with Crippen molar-refractivity contribution in [3.8, 4) is 11.6 Å². The highest BCUT2D eigenvalue weighted by atomic mass is 16.3. The summed E-state index contributed by atoms with van der Waals surface area (Å²) in [5, 5.41) is 23.6. The number of nitrogens with one attached hydrogen (secondary N) is 1. The topological polar surface area (TPSA) is 106 Å². The zero-order chi connectivity index (χ0) is 13.9. The van der Waals surface area contributed by atoms with Gasteiger partial charge in [-0.15, -0.1) is 10.2 Å². The lowest BCUT2D eigenvalue weighted by Gasteiger charge is -2.17. The Balaban J connectivity index is 1.91. The van der Waals surface area contributed by atoms with Crippen molar-refractivity contribution >= 4 is 5.91 Å².